The molecule has 0 aromatic heterocycles. The lowest BCUT2D eigenvalue weighted by atomic mass is 9.63. The predicted molar refractivity (Wildman–Crippen MR) is 229 cm³/mol. The van der Waals surface area contributed by atoms with Crippen LogP contribution in [0.5, 0.6) is 0 Å². The summed E-state index contributed by atoms with van der Waals surface area (Å²) < 4.78 is 28.3. The molecule has 57 heavy (non-hydrogen) atoms. The maximum Gasteiger partial charge on any atom is 0.129 e. The van der Waals surface area contributed by atoms with E-state index in [9.17, 15) is 24.1 Å². The van der Waals surface area contributed by atoms with E-state index in [1.165, 1.54) is 35.4 Å². The Morgan fingerprint density at radius 2 is 0.737 bits per heavy atom. The van der Waals surface area contributed by atoms with E-state index in [-0.39, 0.29) is 22.0 Å². The third kappa shape index (κ3) is 8.25. The highest BCUT2D eigenvalue weighted by atomic mass is 19.1. The molecule has 0 radical (unpaired) electrons. The van der Waals surface area contributed by atoms with Crippen LogP contribution in [-0.4, -0.2) is 15.3 Å². The molecule has 6 aromatic carbocycles. The van der Waals surface area contributed by atoms with Crippen molar-refractivity contribution < 1.29 is 24.1 Å². The van der Waals surface area contributed by atoms with Gasteiger partial charge in [0.1, 0.15) is 28.4 Å². The summed E-state index contributed by atoms with van der Waals surface area (Å²) >= 11 is 0. The molecule has 3 N–H and O–H groups in total. The van der Waals surface area contributed by atoms with Gasteiger partial charge in [0.25, 0.3) is 0 Å². The summed E-state index contributed by atoms with van der Waals surface area (Å²) in [5, 5.41) is 34.0. The van der Waals surface area contributed by atoms with E-state index in [1.807, 2.05) is 72.8 Å². The monoisotopic (exact) mass is 768 g/mol. The van der Waals surface area contributed by atoms with Crippen LogP contribution in [-0.2, 0) is 23.2 Å². The molecule has 6 aromatic rings. The van der Waals surface area contributed by atoms with Gasteiger partial charge in [-0.3, -0.25) is 0 Å². The van der Waals surface area contributed by atoms with Gasteiger partial charge in [0, 0.05) is 11.1 Å². The van der Waals surface area contributed by atoms with Gasteiger partial charge in [-0.25, -0.2) is 8.78 Å². The molecule has 0 heterocycles. The zero-order valence-electron chi connectivity index (χ0n) is 34.8. The Labute approximate surface area is 338 Å². The minimum atomic E-state index is -1.75. The predicted octanol–water partition coefficient (Wildman–Crippen LogP) is 12.1. The summed E-state index contributed by atoms with van der Waals surface area (Å²) in [5.74, 6) is -1.10. The van der Waals surface area contributed by atoms with Crippen LogP contribution >= 0.6 is 0 Å². The van der Waals surface area contributed by atoms with Crippen molar-refractivity contribution in [3.8, 4) is 0 Å². The van der Waals surface area contributed by atoms with Crippen molar-refractivity contribution in [3.05, 3.63) is 214 Å². The smallest absolute Gasteiger partial charge is 0.129 e. The summed E-state index contributed by atoms with van der Waals surface area (Å²) in [7, 11) is 0. The average Bonchev–Trinajstić information content (AvgIpc) is 3.18. The highest BCUT2D eigenvalue weighted by molar-refractivity contribution is 5.52. The Hall–Kier alpha value is -4.94. The van der Waals surface area contributed by atoms with Crippen molar-refractivity contribution in [2.45, 2.75) is 85.5 Å². The first-order chi connectivity index (χ1) is 26.7. The SMILES string of the molecule is CC(C)(C)C(O)(c1ccccc1)c1ccccc1.CC(C)(C)C(O)(c1ccccc1F)c1ccccc1F.CC(C)(C)C1(O)c2ccccc2Cc2ccccc21. The van der Waals surface area contributed by atoms with Gasteiger partial charge in [0.15, 0.2) is 0 Å². The van der Waals surface area contributed by atoms with Crippen molar-refractivity contribution in [2.75, 3.05) is 0 Å². The number of benzene rings is 6. The molecule has 3 nitrogen and oxygen atoms in total. The summed E-state index contributed by atoms with van der Waals surface area (Å²) in [4.78, 5) is 0. The molecule has 5 heteroatoms. The molecule has 0 saturated carbocycles. The Morgan fingerprint density at radius 3 is 1.07 bits per heavy atom. The van der Waals surface area contributed by atoms with Crippen molar-refractivity contribution in [1.29, 1.82) is 0 Å². The largest absolute Gasteiger partial charge is 0.380 e. The summed E-state index contributed by atoms with van der Waals surface area (Å²) in [6, 6.07) is 48.2. The fraction of sp³-hybridized carbons (Fsp3) is 0.308. The zero-order chi connectivity index (χ0) is 41.9. The first kappa shape index (κ1) is 43.2. The van der Waals surface area contributed by atoms with Gasteiger partial charge < -0.3 is 15.3 Å². The van der Waals surface area contributed by atoms with Crippen molar-refractivity contribution >= 4 is 0 Å². The zero-order valence-corrected chi connectivity index (χ0v) is 34.8. The highest BCUT2D eigenvalue weighted by Crippen LogP contribution is 2.50. The van der Waals surface area contributed by atoms with Crippen LogP contribution in [0, 0.1) is 27.9 Å². The Balaban J connectivity index is 0.000000163. The molecular weight excluding hydrogens is 711 g/mol. The van der Waals surface area contributed by atoms with Gasteiger partial charge in [0.05, 0.1) is 0 Å². The maximum absolute atomic E-state index is 14.2. The molecule has 1 aliphatic carbocycles. The van der Waals surface area contributed by atoms with Crippen LogP contribution in [0.4, 0.5) is 8.78 Å². The molecule has 0 unspecified atom stereocenters. The van der Waals surface area contributed by atoms with Gasteiger partial charge in [0.2, 0.25) is 0 Å². The number of hydrogen-bond acceptors (Lipinski definition) is 3. The van der Waals surface area contributed by atoms with E-state index >= 15 is 0 Å². The highest BCUT2D eigenvalue weighted by Gasteiger charge is 2.48. The van der Waals surface area contributed by atoms with Crippen LogP contribution in [0.25, 0.3) is 0 Å². The second kappa shape index (κ2) is 16.5. The molecule has 0 aliphatic heterocycles. The minimum Gasteiger partial charge on any atom is -0.380 e. The summed E-state index contributed by atoms with van der Waals surface area (Å²) in [6.07, 6.45) is 0.907. The molecule has 1 aliphatic rings. The van der Waals surface area contributed by atoms with Gasteiger partial charge in [-0.2, -0.15) is 0 Å². The van der Waals surface area contributed by atoms with E-state index in [0.29, 0.717) is 0 Å². The quantitative estimate of drug-likeness (QED) is 0.167. The van der Waals surface area contributed by atoms with Crippen LogP contribution in [0.1, 0.15) is 107 Å². The average molecular weight is 769 g/mol. The van der Waals surface area contributed by atoms with Gasteiger partial charge in [-0.1, -0.05) is 208 Å². The van der Waals surface area contributed by atoms with Crippen molar-refractivity contribution in [2.24, 2.45) is 16.2 Å². The normalized spacial score (nSPS) is 13.9. The van der Waals surface area contributed by atoms with E-state index in [1.54, 1.807) is 45.0 Å². The van der Waals surface area contributed by atoms with Crippen molar-refractivity contribution in [3.63, 3.8) is 0 Å². The first-order valence-corrected chi connectivity index (χ1v) is 19.6. The summed E-state index contributed by atoms with van der Waals surface area (Å²) in [6.45, 7) is 17.8. The van der Waals surface area contributed by atoms with Gasteiger partial charge >= 0.3 is 0 Å². The van der Waals surface area contributed by atoms with Crippen LogP contribution in [0.2, 0.25) is 0 Å². The van der Waals surface area contributed by atoms with Crippen molar-refractivity contribution in [1.82, 2.24) is 0 Å². The number of fused-ring (bicyclic) bond motifs is 2. The molecule has 0 atom stereocenters. The second-order valence-corrected chi connectivity index (χ2v) is 18.1. The van der Waals surface area contributed by atoms with E-state index < -0.39 is 33.9 Å². The number of hydrogen-bond donors (Lipinski definition) is 3. The number of halogens is 2. The lowest BCUT2D eigenvalue weighted by molar-refractivity contribution is -0.0315. The van der Waals surface area contributed by atoms with Crippen LogP contribution in [0.3, 0.4) is 0 Å². The maximum atomic E-state index is 14.2. The number of aliphatic hydroxyl groups is 3. The lowest BCUT2D eigenvalue weighted by Gasteiger charge is -2.45. The molecule has 0 spiro atoms. The van der Waals surface area contributed by atoms with Crippen LogP contribution < -0.4 is 0 Å². The molecule has 0 fully saturated rings. The van der Waals surface area contributed by atoms with Crippen LogP contribution in [0.15, 0.2) is 158 Å². The molecule has 0 bridgehead atoms. The van der Waals surface area contributed by atoms with E-state index in [4.69, 9.17) is 0 Å². The van der Waals surface area contributed by atoms with Gasteiger partial charge in [-0.05, 0) is 68.2 Å². The molecule has 0 amide bonds. The second-order valence-electron chi connectivity index (χ2n) is 18.1. The lowest BCUT2D eigenvalue weighted by Crippen LogP contribution is -2.44. The van der Waals surface area contributed by atoms with Gasteiger partial charge in [-0.15, -0.1) is 0 Å². The first-order valence-electron chi connectivity index (χ1n) is 19.6. The molecule has 298 valence electrons. The molecular formula is C52H58F2O3. The number of rotatable bonds is 4. The standard InChI is InChI=1S/C18H20O.C17H18F2O.C17H20O/c1-17(2,3)18(19)15-10-6-4-8-13(15)12-14-9-5-7-11-16(14)18;1-16(2,3)17(20,12-8-4-6-10-14(12)18)13-9-5-7-11-15(13)19;1-16(2,3)17(18,14-10-6-4-7-11-14)15-12-8-5-9-13-15/h4-11,19H,12H2,1-3H3;4-11,20H,1-3H3;4-13,18H,1-3H3. The van der Waals surface area contributed by atoms with E-state index in [0.717, 1.165) is 28.7 Å². The Morgan fingerprint density at radius 1 is 0.421 bits per heavy atom. The Bertz CT molecular complexity index is 2110. The minimum absolute atomic E-state index is 0.0811. The Kier molecular flexibility index (Phi) is 12.5. The fourth-order valence-electron chi connectivity index (χ4n) is 8.07. The summed E-state index contributed by atoms with van der Waals surface area (Å²) in [5.41, 5.74) is 1.66. The molecule has 7 rings (SSSR count). The molecule has 0 saturated heterocycles. The third-order valence-electron chi connectivity index (χ3n) is 11.4. The topological polar surface area (TPSA) is 60.7 Å². The van der Waals surface area contributed by atoms with E-state index in [2.05, 4.69) is 77.9 Å². The third-order valence-corrected chi connectivity index (χ3v) is 11.4. The fourth-order valence-corrected chi connectivity index (χ4v) is 8.07.